The van der Waals surface area contributed by atoms with Gasteiger partial charge < -0.3 is 4.90 Å². The van der Waals surface area contributed by atoms with Crippen LogP contribution >= 0.6 is 0 Å². The highest BCUT2D eigenvalue weighted by Gasteiger charge is 2.23. The van der Waals surface area contributed by atoms with E-state index in [1.807, 2.05) is 61.5 Å². The Kier molecular flexibility index (Phi) is 6.11. The highest BCUT2D eigenvalue weighted by Crippen LogP contribution is 2.12. The van der Waals surface area contributed by atoms with Gasteiger partial charge in [0.1, 0.15) is 5.25 Å². The molecule has 2 rings (SSSR count). The van der Waals surface area contributed by atoms with Gasteiger partial charge >= 0.3 is 0 Å². The van der Waals surface area contributed by atoms with Crippen molar-refractivity contribution in [2.75, 3.05) is 7.05 Å². The zero-order valence-corrected chi connectivity index (χ0v) is 14.7. The monoisotopic (exact) mass is 329 g/mol. The lowest BCUT2D eigenvalue weighted by molar-refractivity contribution is -0.129. The number of rotatable bonds is 6. The Hall–Kier alpha value is -1.94. The SMILES string of the molecule is Cc1cccc(C[S@@](=O)[C@H](C)C(=O)N(C)Cc2ccccc2)c1. The summed E-state index contributed by atoms with van der Waals surface area (Å²) in [6.07, 6.45) is 0. The highest BCUT2D eigenvalue weighted by atomic mass is 32.2. The van der Waals surface area contributed by atoms with Gasteiger partial charge in [-0.25, -0.2) is 0 Å². The van der Waals surface area contributed by atoms with E-state index < -0.39 is 16.0 Å². The molecular weight excluding hydrogens is 306 g/mol. The molecule has 0 N–H and O–H groups in total. The smallest absolute Gasteiger partial charge is 0.238 e. The van der Waals surface area contributed by atoms with Gasteiger partial charge in [-0.15, -0.1) is 0 Å². The predicted molar refractivity (Wildman–Crippen MR) is 95.4 cm³/mol. The van der Waals surface area contributed by atoms with Crippen molar-refractivity contribution in [3.05, 3.63) is 71.3 Å². The third kappa shape index (κ3) is 5.03. The summed E-state index contributed by atoms with van der Waals surface area (Å²) in [5, 5.41) is -0.510. The van der Waals surface area contributed by atoms with E-state index in [0.717, 1.165) is 16.7 Å². The van der Waals surface area contributed by atoms with E-state index in [9.17, 15) is 9.00 Å². The molecule has 23 heavy (non-hydrogen) atoms. The van der Waals surface area contributed by atoms with Crippen LogP contribution in [0.4, 0.5) is 0 Å². The van der Waals surface area contributed by atoms with E-state index in [1.54, 1.807) is 18.9 Å². The number of hydrogen-bond acceptors (Lipinski definition) is 2. The van der Waals surface area contributed by atoms with Crippen LogP contribution in [0.25, 0.3) is 0 Å². The van der Waals surface area contributed by atoms with E-state index in [4.69, 9.17) is 0 Å². The van der Waals surface area contributed by atoms with Gasteiger partial charge in [-0.1, -0.05) is 60.2 Å². The summed E-state index contributed by atoms with van der Waals surface area (Å²) in [5.41, 5.74) is 3.22. The van der Waals surface area contributed by atoms with Crippen LogP contribution in [0.5, 0.6) is 0 Å². The molecule has 0 spiro atoms. The van der Waals surface area contributed by atoms with Crippen molar-refractivity contribution < 1.29 is 9.00 Å². The summed E-state index contributed by atoms with van der Waals surface area (Å²) in [6, 6.07) is 17.8. The summed E-state index contributed by atoms with van der Waals surface area (Å²) in [6.45, 7) is 4.29. The fourth-order valence-electron chi connectivity index (χ4n) is 2.45. The second-order valence-corrected chi connectivity index (χ2v) is 7.59. The Morgan fingerprint density at radius 2 is 1.74 bits per heavy atom. The molecule has 2 aromatic carbocycles. The van der Waals surface area contributed by atoms with Crippen molar-refractivity contribution in [2.24, 2.45) is 0 Å². The van der Waals surface area contributed by atoms with Crippen LogP contribution in [-0.4, -0.2) is 27.3 Å². The van der Waals surface area contributed by atoms with Crippen LogP contribution in [0, 0.1) is 6.92 Å². The lowest BCUT2D eigenvalue weighted by Crippen LogP contribution is -2.37. The van der Waals surface area contributed by atoms with E-state index in [0.29, 0.717) is 12.3 Å². The molecule has 0 aliphatic heterocycles. The molecular formula is C19H23NO2S. The Morgan fingerprint density at radius 1 is 1.09 bits per heavy atom. The van der Waals surface area contributed by atoms with Gasteiger partial charge in [0.2, 0.25) is 5.91 Å². The standard InChI is InChI=1S/C19H23NO2S/c1-15-8-7-11-18(12-15)14-23(22)16(2)19(21)20(3)13-17-9-5-4-6-10-17/h4-12,16H,13-14H2,1-3H3/t16-,23-/m1/s1. The largest absolute Gasteiger partial charge is 0.340 e. The summed E-state index contributed by atoms with van der Waals surface area (Å²) in [5.74, 6) is 0.327. The molecule has 0 saturated heterocycles. The summed E-state index contributed by atoms with van der Waals surface area (Å²) in [7, 11) is 0.536. The van der Waals surface area contributed by atoms with Crippen LogP contribution in [0.1, 0.15) is 23.6 Å². The highest BCUT2D eigenvalue weighted by molar-refractivity contribution is 7.85. The second-order valence-electron chi connectivity index (χ2n) is 5.84. The molecule has 0 radical (unpaired) electrons. The lowest BCUT2D eigenvalue weighted by Gasteiger charge is -2.21. The zero-order chi connectivity index (χ0) is 16.8. The molecule has 2 atom stereocenters. The third-order valence-corrected chi connectivity index (χ3v) is 5.38. The van der Waals surface area contributed by atoms with Crippen molar-refractivity contribution in [2.45, 2.75) is 31.4 Å². The summed E-state index contributed by atoms with van der Waals surface area (Å²) in [4.78, 5) is 14.1. The van der Waals surface area contributed by atoms with Gasteiger partial charge in [-0.05, 0) is 25.0 Å². The van der Waals surface area contributed by atoms with Gasteiger partial charge in [0.05, 0.1) is 0 Å². The number of carbonyl (C=O) groups excluding carboxylic acids is 1. The predicted octanol–water partition coefficient (Wildman–Crippen LogP) is 3.29. The number of benzene rings is 2. The maximum Gasteiger partial charge on any atom is 0.238 e. The summed E-state index contributed by atoms with van der Waals surface area (Å²) < 4.78 is 12.5. The molecule has 0 heterocycles. The number of carbonyl (C=O) groups is 1. The van der Waals surface area contributed by atoms with Crippen molar-refractivity contribution in [3.63, 3.8) is 0 Å². The average Bonchev–Trinajstić information content (AvgIpc) is 2.54. The van der Waals surface area contributed by atoms with Crippen molar-refractivity contribution in [1.29, 1.82) is 0 Å². The topological polar surface area (TPSA) is 37.4 Å². The van der Waals surface area contributed by atoms with Gasteiger partial charge in [0.25, 0.3) is 0 Å². The molecule has 0 fully saturated rings. The molecule has 122 valence electrons. The fourth-order valence-corrected chi connectivity index (χ4v) is 3.61. The van der Waals surface area contributed by atoms with E-state index >= 15 is 0 Å². The Bertz CT molecular complexity index is 685. The Balaban J connectivity index is 1.96. The van der Waals surface area contributed by atoms with Crippen molar-refractivity contribution in [3.8, 4) is 0 Å². The third-order valence-electron chi connectivity index (χ3n) is 3.77. The van der Waals surface area contributed by atoms with Gasteiger partial charge in [-0.2, -0.15) is 0 Å². The maximum atomic E-state index is 12.5. The minimum atomic E-state index is -1.22. The number of amides is 1. The quantitative estimate of drug-likeness (QED) is 0.815. The minimum absolute atomic E-state index is 0.0835. The molecule has 1 amide bonds. The first kappa shape index (κ1) is 17.4. The molecule has 4 heteroatoms. The first-order valence-electron chi connectivity index (χ1n) is 7.69. The van der Waals surface area contributed by atoms with E-state index in [1.165, 1.54) is 0 Å². The summed E-state index contributed by atoms with van der Waals surface area (Å²) >= 11 is 0. The van der Waals surface area contributed by atoms with E-state index in [-0.39, 0.29) is 5.91 Å². The molecule has 0 aliphatic rings. The van der Waals surface area contributed by atoms with Gasteiger partial charge in [0.15, 0.2) is 0 Å². The molecule has 0 saturated carbocycles. The van der Waals surface area contributed by atoms with Crippen molar-refractivity contribution >= 4 is 16.7 Å². The van der Waals surface area contributed by atoms with Crippen LogP contribution in [-0.2, 0) is 27.9 Å². The first-order valence-corrected chi connectivity index (χ1v) is 9.07. The second kappa shape index (κ2) is 8.06. The normalized spacial score (nSPS) is 13.3. The molecule has 2 aromatic rings. The molecule has 0 bridgehead atoms. The molecule has 0 aromatic heterocycles. The molecule has 3 nitrogen and oxygen atoms in total. The van der Waals surface area contributed by atoms with Crippen LogP contribution < -0.4 is 0 Å². The Labute approximate surface area is 140 Å². The van der Waals surface area contributed by atoms with E-state index in [2.05, 4.69) is 0 Å². The minimum Gasteiger partial charge on any atom is -0.340 e. The van der Waals surface area contributed by atoms with Crippen molar-refractivity contribution in [1.82, 2.24) is 4.90 Å². The number of nitrogens with zero attached hydrogens (tertiary/aromatic N) is 1. The number of hydrogen-bond donors (Lipinski definition) is 0. The van der Waals surface area contributed by atoms with Gasteiger partial charge in [-0.3, -0.25) is 9.00 Å². The first-order chi connectivity index (χ1) is 11.0. The molecule has 0 unspecified atom stereocenters. The van der Waals surface area contributed by atoms with Crippen LogP contribution in [0.15, 0.2) is 54.6 Å². The molecule has 0 aliphatic carbocycles. The maximum absolute atomic E-state index is 12.5. The Morgan fingerprint density at radius 3 is 2.39 bits per heavy atom. The lowest BCUT2D eigenvalue weighted by atomic mass is 10.2. The number of aryl methyl sites for hydroxylation is 1. The van der Waals surface area contributed by atoms with Crippen LogP contribution in [0.2, 0.25) is 0 Å². The average molecular weight is 329 g/mol. The zero-order valence-electron chi connectivity index (χ0n) is 13.9. The van der Waals surface area contributed by atoms with Gasteiger partial charge in [0, 0.05) is 30.1 Å². The fraction of sp³-hybridized carbons (Fsp3) is 0.316. The van der Waals surface area contributed by atoms with Crippen LogP contribution in [0.3, 0.4) is 0 Å².